The number of pyridine rings is 1. The SMILES string of the molecule is C[C@H](N1CCOCC1)[C@](O)(c1ccccc1)c1ccccn1. The van der Waals surface area contributed by atoms with E-state index in [9.17, 15) is 5.11 Å². The molecule has 1 aliphatic rings. The third-order valence-electron chi connectivity index (χ3n) is 4.47. The monoisotopic (exact) mass is 298 g/mol. The van der Waals surface area contributed by atoms with Crippen LogP contribution in [0.3, 0.4) is 0 Å². The molecule has 0 aliphatic carbocycles. The first-order valence-corrected chi connectivity index (χ1v) is 7.74. The van der Waals surface area contributed by atoms with Gasteiger partial charge < -0.3 is 9.84 Å². The number of hydrogen-bond donors (Lipinski definition) is 1. The van der Waals surface area contributed by atoms with Crippen molar-refractivity contribution < 1.29 is 9.84 Å². The summed E-state index contributed by atoms with van der Waals surface area (Å²) < 4.78 is 5.44. The molecule has 4 heteroatoms. The van der Waals surface area contributed by atoms with E-state index >= 15 is 0 Å². The first kappa shape index (κ1) is 15.2. The maximum Gasteiger partial charge on any atom is 0.146 e. The lowest BCUT2D eigenvalue weighted by molar-refractivity contribution is -0.0550. The number of hydrogen-bond acceptors (Lipinski definition) is 4. The lowest BCUT2D eigenvalue weighted by atomic mass is 9.82. The normalized spacial score (nSPS) is 20.3. The van der Waals surface area contributed by atoms with Gasteiger partial charge in [-0.15, -0.1) is 0 Å². The summed E-state index contributed by atoms with van der Waals surface area (Å²) in [6.07, 6.45) is 1.73. The number of rotatable bonds is 4. The third kappa shape index (κ3) is 2.77. The van der Waals surface area contributed by atoms with E-state index in [2.05, 4.69) is 16.8 Å². The van der Waals surface area contributed by atoms with Gasteiger partial charge in [0.25, 0.3) is 0 Å². The highest BCUT2D eigenvalue weighted by atomic mass is 16.5. The van der Waals surface area contributed by atoms with Gasteiger partial charge >= 0.3 is 0 Å². The smallest absolute Gasteiger partial charge is 0.146 e. The molecule has 1 aromatic heterocycles. The van der Waals surface area contributed by atoms with E-state index < -0.39 is 5.60 Å². The topological polar surface area (TPSA) is 45.6 Å². The predicted octanol–water partition coefficient (Wildman–Crippen LogP) is 2.04. The van der Waals surface area contributed by atoms with E-state index in [1.54, 1.807) is 6.20 Å². The van der Waals surface area contributed by atoms with Gasteiger partial charge in [-0.1, -0.05) is 36.4 Å². The Morgan fingerprint density at radius 3 is 2.41 bits per heavy atom. The van der Waals surface area contributed by atoms with Crippen LogP contribution in [0.15, 0.2) is 54.7 Å². The molecule has 0 amide bonds. The summed E-state index contributed by atoms with van der Waals surface area (Å²) in [7, 11) is 0. The largest absolute Gasteiger partial charge is 0.379 e. The van der Waals surface area contributed by atoms with Crippen LogP contribution in [0.1, 0.15) is 18.2 Å². The van der Waals surface area contributed by atoms with Crippen LogP contribution in [0, 0.1) is 0 Å². The number of morpholine rings is 1. The molecular weight excluding hydrogens is 276 g/mol. The fraction of sp³-hybridized carbons (Fsp3) is 0.389. The average molecular weight is 298 g/mol. The average Bonchev–Trinajstić information content (AvgIpc) is 2.62. The van der Waals surface area contributed by atoms with Crippen molar-refractivity contribution in [2.45, 2.75) is 18.6 Å². The summed E-state index contributed by atoms with van der Waals surface area (Å²) in [6.45, 7) is 5.12. The Labute approximate surface area is 131 Å². The number of aliphatic hydroxyl groups is 1. The van der Waals surface area contributed by atoms with Crippen LogP contribution < -0.4 is 0 Å². The Hall–Kier alpha value is -1.75. The summed E-state index contributed by atoms with van der Waals surface area (Å²) in [5, 5.41) is 11.6. The van der Waals surface area contributed by atoms with Gasteiger partial charge in [-0.05, 0) is 24.6 Å². The standard InChI is InChI=1S/C18H22N2O2/c1-15(20-11-13-22-14-12-20)18(21,16-7-3-2-4-8-16)17-9-5-6-10-19-17/h2-10,15,21H,11-14H2,1H3/t15-,18-/m0/s1. The van der Waals surface area contributed by atoms with Crippen LogP contribution in [0.2, 0.25) is 0 Å². The summed E-state index contributed by atoms with van der Waals surface area (Å²) in [5.74, 6) is 0. The number of ether oxygens (including phenoxy) is 1. The molecule has 4 nitrogen and oxygen atoms in total. The maximum atomic E-state index is 11.6. The van der Waals surface area contributed by atoms with Crippen molar-refractivity contribution >= 4 is 0 Å². The van der Waals surface area contributed by atoms with Crippen LogP contribution >= 0.6 is 0 Å². The number of aromatic nitrogens is 1. The highest BCUT2D eigenvalue weighted by molar-refractivity contribution is 5.34. The van der Waals surface area contributed by atoms with Crippen molar-refractivity contribution in [1.82, 2.24) is 9.88 Å². The molecule has 1 aliphatic heterocycles. The molecule has 22 heavy (non-hydrogen) atoms. The zero-order valence-electron chi connectivity index (χ0n) is 12.9. The van der Waals surface area contributed by atoms with Crippen molar-refractivity contribution in [3.8, 4) is 0 Å². The van der Waals surface area contributed by atoms with Crippen LogP contribution in [0.5, 0.6) is 0 Å². The molecule has 1 fully saturated rings. The number of benzene rings is 1. The fourth-order valence-electron chi connectivity index (χ4n) is 3.11. The molecule has 2 atom stereocenters. The van der Waals surface area contributed by atoms with Crippen molar-refractivity contribution in [1.29, 1.82) is 0 Å². The van der Waals surface area contributed by atoms with Crippen molar-refractivity contribution in [3.05, 3.63) is 66.0 Å². The minimum atomic E-state index is -1.14. The van der Waals surface area contributed by atoms with E-state index in [1.807, 2.05) is 48.5 Å². The van der Waals surface area contributed by atoms with Crippen LogP contribution in [-0.2, 0) is 10.3 Å². The summed E-state index contributed by atoms with van der Waals surface area (Å²) >= 11 is 0. The second-order valence-electron chi connectivity index (χ2n) is 5.67. The van der Waals surface area contributed by atoms with Crippen LogP contribution in [0.4, 0.5) is 0 Å². The van der Waals surface area contributed by atoms with Crippen LogP contribution in [0.25, 0.3) is 0 Å². The van der Waals surface area contributed by atoms with Gasteiger partial charge in [0.2, 0.25) is 0 Å². The third-order valence-corrected chi connectivity index (χ3v) is 4.47. The summed E-state index contributed by atoms with van der Waals surface area (Å²) in [4.78, 5) is 6.70. The second kappa shape index (κ2) is 6.57. The van der Waals surface area contributed by atoms with E-state index in [-0.39, 0.29) is 6.04 Å². The van der Waals surface area contributed by atoms with Crippen molar-refractivity contribution in [3.63, 3.8) is 0 Å². The second-order valence-corrected chi connectivity index (χ2v) is 5.67. The lowest BCUT2D eigenvalue weighted by Gasteiger charge is -2.42. The van der Waals surface area contributed by atoms with Gasteiger partial charge in [-0.3, -0.25) is 9.88 Å². The Balaban J connectivity index is 2.03. The lowest BCUT2D eigenvalue weighted by Crippen LogP contribution is -2.53. The highest BCUT2D eigenvalue weighted by Gasteiger charge is 2.42. The summed E-state index contributed by atoms with van der Waals surface area (Å²) in [5.41, 5.74) is 0.410. The molecule has 1 N–H and O–H groups in total. The van der Waals surface area contributed by atoms with E-state index in [0.717, 1.165) is 18.7 Å². The molecule has 1 aromatic carbocycles. The van der Waals surface area contributed by atoms with E-state index in [4.69, 9.17) is 4.74 Å². The van der Waals surface area contributed by atoms with Crippen LogP contribution in [-0.4, -0.2) is 47.3 Å². The van der Waals surface area contributed by atoms with Crippen molar-refractivity contribution in [2.24, 2.45) is 0 Å². The molecule has 3 rings (SSSR count). The molecule has 1 saturated heterocycles. The van der Waals surface area contributed by atoms with E-state index in [1.165, 1.54) is 0 Å². The predicted molar refractivity (Wildman–Crippen MR) is 85.5 cm³/mol. The Kier molecular flexibility index (Phi) is 4.52. The molecule has 2 heterocycles. The van der Waals surface area contributed by atoms with Gasteiger partial charge in [0, 0.05) is 25.3 Å². The molecule has 2 aromatic rings. The molecule has 0 radical (unpaired) electrons. The molecule has 0 unspecified atom stereocenters. The molecule has 0 spiro atoms. The van der Waals surface area contributed by atoms with Gasteiger partial charge in [-0.25, -0.2) is 0 Å². The first-order chi connectivity index (χ1) is 10.7. The molecule has 0 bridgehead atoms. The summed E-state index contributed by atoms with van der Waals surface area (Å²) in [6, 6.07) is 15.4. The minimum absolute atomic E-state index is 0.0892. The van der Waals surface area contributed by atoms with Crippen molar-refractivity contribution in [2.75, 3.05) is 26.3 Å². The molecule has 116 valence electrons. The van der Waals surface area contributed by atoms with Gasteiger partial charge in [0.15, 0.2) is 0 Å². The Morgan fingerprint density at radius 2 is 1.77 bits per heavy atom. The fourth-order valence-corrected chi connectivity index (χ4v) is 3.11. The molecular formula is C18H22N2O2. The molecule has 0 saturated carbocycles. The van der Waals surface area contributed by atoms with Gasteiger partial charge in [-0.2, -0.15) is 0 Å². The van der Waals surface area contributed by atoms with Gasteiger partial charge in [0.05, 0.1) is 18.9 Å². The van der Waals surface area contributed by atoms with E-state index in [0.29, 0.717) is 18.9 Å². The zero-order chi connectivity index (χ0) is 15.4. The highest BCUT2D eigenvalue weighted by Crippen LogP contribution is 2.34. The zero-order valence-corrected chi connectivity index (χ0v) is 12.9. The quantitative estimate of drug-likeness (QED) is 0.938. The minimum Gasteiger partial charge on any atom is -0.379 e. The Morgan fingerprint density at radius 1 is 1.09 bits per heavy atom. The number of nitrogens with zero attached hydrogens (tertiary/aromatic N) is 2. The maximum absolute atomic E-state index is 11.6. The first-order valence-electron chi connectivity index (χ1n) is 7.74. The van der Waals surface area contributed by atoms with Gasteiger partial charge in [0.1, 0.15) is 5.60 Å². The Bertz CT molecular complexity index is 543.